The summed E-state index contributed by atoms with van der Waals surface area (Å²) >= 11 is 3.36. The van der Waals surface area contributed by atoms with E-state index in [0.29, 0.717) is 12.2 Å². The molecule has 2 aromatic rings. The predicted octanol–water partition coefficient (Wildman–Crippen LogP) is 3.60. The van der Waals surface area contributed by atoms with E-state index in [-0.39, 0.29) is 5.82 Å². The van der Waals surface area contributed by atoms with E-state index < -0.39 is 0 Å². The fourth-order valence-electron chi connectivity index (χ4n) is 1.34. The number of halogens is 2. The number of pyridine rings is 1. The van der Waals surface area contributed by atoms with E-state index in [9.17, 15) is 4.39 Å². The molecule has 2 rings (SSSR count). The van der Waals surface area contributed by atoms with Gasteiger partial charge in [0.25, 0.3) is 0 Å². The van der Waals surface area contributed by atoms with Crippen LogP contribution in [0.25, 0.3) is 0 Å². The Kier molecular flexibility index (Phi) is 3.51. The van der Waals surface area contributed by atoms with Crippen LogP contribution in [0, 0.1) is 5.82 Å². The smallest absolute Gasteiger partial charge is 0.146 e. The third-order valence-corrected chi connectivity index (χ3v) is 2.61. The molecule has 0 aliphatic rings. The number of anilines is 1. The molecule has 0 atom stereocenters. The Morgan fingerprint density at radius 1 is 1.25 bits per heavy atom. The van der Waals surface area contributed by atoms with E-state index in [1.54, 1.807) is 24.4 Å². The van der Waals surface area contributed by atoms with Crippen LogP contribution in [0.1, 0.15) is 5.69 Å². The summed E-state index contributed by atoms with van der Waals surface area (Å²) in [6.07, 6.45) is 1.71. The Bertz CT molecular complexity index is 488. The van der Waals surface area contributed by atoms with Gasteiger partial charge in [-0.05, 0) is 24.3 Å². The quantitative estimate of drug-likeness (QED) is 0.929. The van der Waals surface area contributed by atoms with Gasteiger partial charge in [-0.25, -0.2) is 4.39 Å². The van der Waals surface area contributed by atoms with Crippen LogP contribution < -0.4 is 5.32 Å². The Balaban J connectivity index is 2.05. The van der Waals surface area contributed by atoms with Crippen molar-refractivity contribution in [2.45, 2.75) is 6.54 Å². The normalized spacial score (nSPS) is 10.1. The average Bonchev–Trinajstić information content (AvgIpc) is 2.28. The standard InChI is InChI=1S/C12H10BrFN2/c13-9-5-6-15-10(7-9)8-16-12-4-2-1-3-11(12)14/h1-7,16H,8H2. The largest absolute Gasteiger partial charge is 0.377 e. The number of aromatic nitrogens is 1. The molecule has 0 amide bonds. The topological polar surface area (TPSA) is 24.9 Å². The zero-order valence-electron chi connectivity index (χ0n) is 8.45. The fraction of sp³-hybridized carbons (Fsp3) is 0.0833. The minimum atomic E-state index is -0.252. The molecule has 0 saturated heterocycles. The van der Waals surface area contributed by atoms with Crippen molar-refractivity contribution >= 4 is 21.6 Å². The number of nitrogens with zero attached hydrogens (tertiary/aromatic N) is 1. The third-order valence-electron chi connectivity index (χ3n) is 2.11. The molecule has 0 aliphatic heterocycles. The number of hydrogen-bond donors (Lipinski definition) is 1. The summed E-state index contributed by atoms with van der Waals surface area (Å²) in [6, 6.07) is 10.3. The van der Waals surface area contributed by atoms with Gasteiger partial charge in [-0.3, -0.25) is 4.98 Å². The molecule has 16 heavy (non-hydrogen) atoms. The van der Waals surface area contributed by atoms with Gasteiger partial charge in [0.1, 0.15) is 5.82 Å². The summed E-state index contributed by atoms with van der Waals surface area (Å²) in [5.41, 5.74) is 1.35. The van der Waals surface area contributed by atoms with Crippen LogP contribution in [0.15, 0.2) is 47.1 Å². The van der Waals surface area contributed by atoms with Crippen LogP contribution in [0.4, 0.5) is 10.1 Å². The van der Waals surface area contributed by atoms with Gasteiger partial charge in [-0.2, -0.15) is 0 Å². The number of benzene rings is 1. The van der Waals surface area contributed by atoms with Gasteiger partial charge < -0.3 is 5.32 Å². The molecule has 4 heteroatoms. The molecule has 0 spiro atoms. The van der Waals surface area contributed by atoms with Gasteiger partial charge in [-0.1, -0.05) is 28.1 Å². The van der Waals surface area contributed by atoms with Gasteiger partial charge in [0.2, 0.25) is 0 Å². The monoisotopic (exact) mass is 280 g/mol. The maximum atomic E-state index is 13.3. The fourth-order valence-corrected chi connectivity index (χ4v) is 1.72. The van der Waals surface area contributed by atoms with Crippen molar-refractivity contribution in [2.75, 3.05) is 5.32 Å². The van der Waals surface area contributed by atoms with E-state index >= 15 is 0 Å². The van der Waals surface area contributed by atoms with Gasteiger partial charge in [0.05, 0.1) is 17.9 Å². The van der Waals surface area contributed by atoms with Crippen LogP contribution >= 0.6 is 15.9 Å². The highest BCUT2D eigenvalue weighted by Gasteiger charge is 2.00. The maximum Gasteiger partial charge on any atom is 0.146 e. The minimum Gasteiger partial charge on any atom is -0.377 e. The number of para-hydroxylation sites is 1. The lowest BCUT2D eigenvalue weighted by Crippen LogP contribution is -2.02. The van der Waals surface area contributed by atoms with Crippen molar-refractivity contribution < 1.29 is 4.39 Å². The first-order valence-electron chi connectivity index (χ1n) is 4.84. The second kappa shape index (κ2) is 5.07. The van der Waals surface area contributed by atoms with Crippen LogP contribution in [0.2, 0.25) is 0 Å². The number of nitrogens with one attached hydrogen (secondary N) is 1. The Labute approximate surface area is 102 Å². The predicted molar refractivity (Wildman–Crippen MR) is 65.7 cm³/mol. The lowest BCUT2D eigenvalue weighted by Gasteiger charge is -2.06. The Morgan fingerprint density at radius 3 is 2.81 bits per heavy atom. The van der Waals surface area contributed by atoms with Gasteiger partial charge in [-0.15, -0.1) is 0 Å². The third kappa shape index (κ3) is 2.79. The van der Waals surface area contributed by atoms with Crippen molar-refractivity contribution in [3.05, 3.63) is 58.6 Å². The summed E-state index contributed by atoms with van der Waals surface area (Å²) in [7, 11) is 0. The second-order valence-electron chi connectivity index (χ2n) is 3.30. The Hall–Kier alpha value is -1.42. The molecular formula is C12H10BrFN2. The minimum absolute atomic E-state index is 0.252. The molecule has 0 aliphatic carbocycles. The molecular weight excluding hydrogens is 271 g/mol. The van der Waals surface area contributed by atoms with Crippen molar-refractivity contribution in [1.82, 2.24) is 4.98 Å². The van der Waals surface area contributed by atoms with Gasteiger partial charge in [0.15, 0.2) is 0 Å². The summed E-state index contributed by atoms with van der Waals surface area (Å²) in [5, 5.41) is 3.00. The highest BCUT2D eigenvalue weighted by Crippen LogP contribution is 2.14. The highest BCUT2D eigenvalue weighted by atomic mass is 79.9. The van der Waals surface area contributed by atoms with Crippen molar-refractivity contribution in [3.63, 3.8) is 0 Å². The molecule has 0 saturated carbocycles. The summed E-state index contributed by atoms with van der Waals surface area (Å²) < 4.78 is 14.2. The lowest BCUT2D eigenvalue weighted by atomic mass is 10.3. The molecule has 1 aromatic carbocycles. The average molecular weight is 281 g/mol. The molecule has 0 bridgehead atoms. The summed E-state index contributed by atoms with van der Waals surface area (Å²) in [5.74, 6) is -0.252. The molecule has 0 fully saturated rings. The molecule has 1 N–H and O–H groups in total. The van der Waals surface area contributed by atoms with Crippen molar-refractivity contribution in [2.24, 2.45) is 0 Å². The number of hydrogen-bond acceptors (Lipinski definition) is 2. The Morgan fingerprint density at radius 2 is 2.06 bits per heavy atom. The second-order valence-corrected chi connectivity index (χ2v) is 4.21. The van der Waals surface area contributed by atoms with Gasteiger partial charge >= 0.3 is 0 Å². The maximum absolute atomic E-state index is 13.3. The van der Waals surface area contributed by atoms with Crippen LogP contribution in [-0.2, 0) is 6.54 Å². The van der Waals surface area contributed by atoms with E-state index in [0.717, 1.165) is 10.2 Å². The molecule has 1 heterocycles. The van der Waals surface area contributed by atoms with Crippen LogP contribution in [0.3, 0.4) is 0 Å². The van der Waals surface area contributed by atoms with Crippen molar-refractivity contribution in [3.8, 4) is 0 Å². The zero-order valence-corrected chi connectivity index (χ0v) is 10.0. The molecule has 0 radical (unpaired) electrons. The summed E-state index contributed by atoms with van der Waals surface area (Å²) in [6.45, 7) is 0.500. The highest BCUT2D eigenvalue weighted by molar-refractivity contribution is 9.10. The first kappa shape index (κ1) is 11.1. The molecule has 1 aromatic heterocycles. The molecule has 2 nitrogen and oxygen atoms in total. The lowest BCUT2D eigenvalue weighted by molar-refractivity contribution is 0.630. The SMILES string of the molecule is Fc1ccccc1NCc1cc(Br)ccn1. The van der Waals surface area contributed by atoms with E-state index in [2.05, 4.69) is 26.2 Å². The van der Waals surface area contributed by atoms with E-state index in [1.807, 2.05) is 12.1 Å². The van der Waals surface area contributed by atoms with Crippen molar-refractivity contribution in [1.29, 1.82) is 0 Å². The first-order chi connectivity index (χ1) is 7.75. The number of rotatable bonds is 3. The zero-order chi connectivity index (χ0) is 11.4. The van der Waals surface area contributed by atoms with E-state index in [1.165, 1.54) is 6.07 Å². The van der Waals surface area contributed by atoms with Gasteiger partial charge in [0, 0.05) is 10.7 Å². The molecule has 82 valence electrons. The molecule has 0 unspecified atom stereocenters. The van der Waals surface area contributed by atoms with Crippen LogP contribution in [-0.4, -0.2) is 4.98 Å². The van der Waals surface area contributed by atoms with Crippen LogP contribution in [0.5, 0.6) is 0 Å². The first-order valence-corrected chi connectivity index (χ1v) is 5.64. The summed E-state index contributed by atoms with van der Waals surface area (Å²) in [4.78, 5) is 4.17. The van der Waals surface area contributed by atoms with E-state index in [4.69, 9.17) is 0 Å².